The summed E-state index contributed by atoms with van der Waals surface area (Å²) in [6, 6.07) is 1.49. The van der Waals surface area contributed by atoms with Gasteiger partial charge in [-0.2, -0.15) is 4.31 Å². The number of hydrogen-bond donors (Lipinski definition) is 0. The maximum Gasteiger partial charge on any atom is 0.245 e. The van der Waals surface area contributed by atoms with E-state index in [0.29, 0.717) is 45.1 Å². The van der Waals surface area contributed by atoms with Gasteiger partial charge in [-0.3, -0.25) is 4.98 Å². The molecule has 116 valence electrons. The van der Waals surface area contributed by atoms with Gasteiger partial charge in [0.1, 0.15) is 10.6 Å². The second-order valence-electron chi connectivity index (χ2n) is 5.22. The molecule has 1 spiro atoms. The predicted molar refractivity (Wildman–Crippen MR) is 73.7 cm³/mol. The van der Waals surface area contributed by atoms with E-state index in [9.17, 15) is 8.42 Å². The lowest BCUT2D eigenvalue weighted by Gasteiger charge is -2.42. The van der Waals surface area contributed by atoms with Crippen molar-refractivity contribution in [2.45, 2.75) is 16.9 Å². The second-order valence-corrected chi connectivity index (χ2v) is 7.08. The zero-order valence-corrected chi connectivity index (χ0v) is 12.6. The highest BCUT2D eigenvalue weighted by atomic mass is 32.2. The SMILES string of the molecule is COc1cncc(S(=O)(=O)N2CCOCC23CCOC3)c1. The van der Waals surface area contributed by atoms with E-state index in [1.165, 1.54) is 29.9 Å². The van der Waals surface area contributed by atoms with E-state index in [1.807, 2.05) is 0 Å². The molecule has 3 rings (SSSR count). The fourth-order valence-electron chi connectivity index (χ4n) is 2.78. The zero-order valence-electron chi connectivity index (χ0n) is 11.8. The summed E-state index contributed by atoms with van der Waals surface area (Å²) in [4.78, 5) is 4.07. The molecule has 0 saturated carbocycles. The van der Waals surface area contributed by atoms with E-state index in [1.54, 1.807) is 0 Å². The van der Waals surface area contributed by atoms with Crippen LogP contribution in [0.2, 0.25) is 0 Å². The minimum Gasteiger partial charge on any atom is -0.495 e. The Balaban J connectivity index is 1.99. The minimum atomic E-state index is -3.66. The largest absolute Gasteiger partial charge is 0.495 e. The first-order valence-electron chi connectivity index (χ1n) is 6.76. The van der Waals surface area contributed by atoms with Gasteiger partial charge in [0, 0.05) is 25.4 Å². The third-order valence-electron chi connectivity index (χ3n) is 3.93. The lowest BCUT2D eigenvalue weighted by atomic mass is 9.99. The van der Waals surface area contributed by atoms with Crippen LogP contribution in [0.4, 0.5) is 0 Å². The molecule has 0 aliphatic carbocycles. The van der Waals surface area contributed by atoms with Crippen molar-refractivity contribution in [3.05, 3.63) is 18.5 Å². The van der Waals surface area contributed by atoms with Crippen molar-refractivity contribution in [1.82, 2.24) is 9.29 Å². The number of sulfonamides is 1. The fourth-order valence-corrected chi connectivity index (χ4v) is 4.51. The van der Waals surface area contributed by atoms with E-state index in [2.05, 4.69) is 4.98 Å². The molecule has 1 aromatic rings. The smallest absolute Gasteiger partial charge is 0.245 e. The van der Waals surface area contributed by atoms with Crippen LogP contribution in [-0.2, 0) is 19.5 Å². The van der Waals surface area contributed by atoms with Crippen LogP contribution in [0.1, 0.15) is 6.42 Å². The molecule has 2 fully saturated rings. The number of ether oxygens (including phenoxy) is 3. The molecule has 3 heterocycles. The van der Waals surface area contributed by atoms with Crippen molar-refractivity contribution in [2.75, 3.05) is 40.1 Å². The van der Waals surface area contributed by atoms with Gasteiger partial charge >= 0.3 is 0 Å². The van der Waals surface area contributed by atoms with Crippen LogP contribution in [-0.4, -0.2) is 63.3 Å². The molecule has 0 aromatic carbocycles. The van der Waals surface area contributed by atoms with E-state index in [0.717, 1.165) is 0 Å². The van der Waals surface area contributed by atoms with E-state index in [4.69, 9.17) is 14.2 Å². The van der Waals surface area contributed by atoms with E-state index in [-0.39, 0.29) is 4.90 Å². The van der Waals surface area contributed by atoms with E-state index >= 15 is 0 Å². The van der Waals surface area contributed by atoms with Gasteiger partial charge in [0.2, 0.25) is 10.0 Å². The van der Waals surface area contributed by atoms with Crippen molar-refractivity contribution < 1.29 is 22.6 Å². The summed E-state index contributed by atoms with van der Waals surface area (Å²) in [5.74, 6) is 0.418. The highest BCUT2D eigenvalue weighted by Gasteiger charge is 2.49. The first kappa shape index (κ1) is 14.7. The first-order chi connectivity index (χ1) is 10.1. The number of rotatable bonds is 3. The average molecular weight is 314 g/mol. The van der Waals surface area contributed by atoms with Crippen LogP contribution in [0, 0.1) is 0 Å². The van der Waals surface area contributed by atoms with Crippen LogP contribution in [0.15, 0.2) is 23.4 Å². The summed E-state index contributed by atoms with van der Waals surface area (Å²) in [5, 5.41) is 0. The van der Waals surface area contributed by atoms with Crippen LogP contribution in [0.5, 0.6) is 5.75 Å². The van der Waals surface area contributed by atoms with Crippen LogP contribution in [0.25, 0.3) is 0 Å². The topological polar surface area (TPSA) is 78.0 Å². The van der Waals surface area contributed by atoms with Crippen molar-refractivity contribution in [3.63, 3.8) is 0 Å². The highest BCUT2D eigenvalue weighted by Crippen LogP contribution is 2.34. The second kappa shape index (κ2) is 5.53. The lowest BCUT2D eigenvalue weighted by molar-refractivity contribution is -0.0293. The van der Waals surface area contributed by atoms with Crippen LogP contribution in [0.3, 0.4) is 0 Å². The molecular weight excluding hydrogens is 296 g/mol. The molecule has 0 amide bonds. The summed E-state index contributed by atoms with van der Waals surface area (Å²) in [5.41, 5.74) is -0.597. The van der Waals surface area contributed by atoms with Gasteiger partial charge in [0.05, 0.1) is 38.7 Å². The zero-order chi connectivity index (χ0) is 14.9. The van der Waals surface area contributed by atoms with Gasteiger partial charge in [0.15, 0.2) is 0 Å². The molecule has 8 heteroatoms. The number of hydrogen-bond acceptors (Lipinski definition) is 6. The summed E-state index contributed by atoms with van der Waals surface area (Å²) in [7, 11) is -2.17. The molecule has 2 saturated heterocycles. The Morgan fingerprint density at radius 3 is 2.71 bits per heavy atom. The Bertz CT molecular complexity index is 613. The fraction of sp³-hybridized carbons (Fsp3) is 0.615. The van der Waals surface area contributed by atoms with Crippen molar-refractivity contribution in [2.24, 2.45) is 0 Å². The van der Waals surface area contributed by atoms with Gasteiger partial charge < -0.3 is 14.2 Å². The third kappa shape index (κ3) is 2.52. The molecule has 7 nitrogen and oxygen atoms in total. The van der Waals surface area contributed by atoms with Gasteiger partial charge in [-0.05, 0) is 6.42 Å². The first-order valence-corrected chi connectivity index (χ1v) is 8.20. The number of morpholine rings is 1. The van der Waals surface area contributed by atoms with Gasteiger partial charge in [-0.1, -0.05) is 0 Å². The Hall–Kier alpha value is -1.22. The van der Waals surface area contributed by atoms with Crippen molar-refractivity contribution in [3.8, 4) is 5.75 Å². The summed E-state index contributed by atoms with van der Waals surface area (Å²) >= 11 is 0. The van der Waals surface area contributed by atoms with Gasteiger partial charge in [0.25, 0.3) is 0 Å². The van der Waals surface area contributed by atoms with E-state index < -0.39 is 15.6 Å². The Labute approximate surface area is 123 Å². The third-order valence-corrected chi connectivity index (χ3v) is 5.90. The molecule has 2 aliphatic rings. The average Bonchev–Trinajstić information content (AvgIpc) is 2.96. The standard InChI is InChI=1S/C13H18N2O5S/c1-18-11-6-12(8-14-7-11)21(16,17)15-3-5-20-10-13(15)2-4-19-9-13/h6-8H,2-5,9-10H2,1H3. The summed E-state index contributed by atoms with van der Waals surface area (Å²) in [6.45, 7) is 1.99. The predicted octanol–water partition coefficient (Wildman–Crippen LogP) is 0.270. The monoisotopic (exact) mass is 314 g/mol. The van der Waals surface area contributed by atoms with Crippen molar-refractivity contribution >= 4 is 10.0 Å². The molecule has 0 N–H and O–H groups in total. The Morgan fingerprint density at radius 1 is 1.29 bits per heavy atom. The molecule has 1 unspecified atom stereocenters. The normalized spacial score (nSPS) is 27.1. The summed E-state index contributed by atoms with van der Waals surface area (Å²) in [6.07, 6.45) is 3.47. The van der Waals surface area contributed by atoms with Gasteiger partial charge in [-0.25, -0.2) is 8.42 Å². The van der Waals surface area contributed by atoms with Gasteiger partial charge in [-0.15, -0.1) is 0 Å². The lowest BCUT2D eigenvalue weighted by Crippen LogP contribution is -2.59. The van der Waals surface area contributed by atoms with Crippen LogP contribution < -0.4 is 4.74 Å². The molecule has 1 atom stereocenters. The number of nitrogens with zero attached hydrogens (tertiary/aromatic N) is 2. The Kier molecular flexibility index (Phi) is 3.87. The number of aromatic nitrogens is 1. The molecule has 0 radical (unpaired) electrons. The Morgan fingerprint density at radius 2 is 2.05 bits per heavy atom. The number of methoxy groups -OCH3 is 1. The molecule has 1 aromatic heterocycles. The molecule has 21 heavy (non-hydrogen) atoms. The molecule has 2 aliphatic heterocycles. The minimum absolute atomic E-state index is 0.134. The number of pyridine rings is 1. The quantitative estimate of drug-likeness (QED) is 0.797. The van der Waals surface area contributed by atoms with Crippen LogP contribution >= 0.6 is 0 Å². The molecular formula is C13H18N2O5S. The van der Waals surface area contributed by atoms with Crippen molar-refractivity contribution in [1.29, 1.82) is 0 Å². The maximum atomic E-state index is 12.9. The summed E-state index contributed by atoms with van der Waals surface area (Å²) < 4.78 is 43.3. The molecule has 0 bridgehead atoms. The maximum absolute atomic E-state index is 12.9. The highest BCUT2D eigenvalue weighted by molar-refractivity contribution is 7.89.